The number of carbonyl (C=O) groups excluding carboxylic acids is 1. The van der Waals surface area contributed by atoms with E-state index in [9.17, 15) is 4.79 Å². The lowest BCUT2D eigenvalue weighted by molar-refractivity contribution is 0.102. The van der Waals surface area contributed by atoms with Crippen LogP contribution in [-0.2, 0) is 6.42 Å². The van der Waals surface area contributed by atoms with Gasteiger partial charge in [0.1, 0.15) is 0 Å². The molecule has 1 aromatic carbocycles. The lowest BCUT2D eigenvalue weighted by Gasteiger charge is -2.16. The quantitative estimate of drug-likeness (QED) is 0.585. The van der Waals surface area contributed by atoms with E-state index in [4.69, 9.17) is 0 Å². The van der Waals surface area contributed by atoms with Crippen molar-refractivity contribution in [2.75, 3.05) is 0 Å². The number of ketones is 1. The van der Waals surface area contributed by atoms with E-state index in [1.807, 2.05) is 51.1 Å². The summed E-state index contributed by atoms with van der Waals surface area (Å²) in [5.41, 5.74) is 3.04. The van der Waals surface area contributed by atoms with Gasteiger partial charge in [0.05, 0.1) is 0 Å². The van der Waals surface area contributed by atoms with Crippen molar-refractivity contribution in [1.82, 2.24) is 0 Å². The predicted octanol–water partition coefficient (Wildman–Crippen LogP) is 3.79. The maximum atomic E-state index is 11.8. The third-order valence-corrected chi connectivity index (χ3v) is 2.57. The van der Waals surface area contributed by atoms with Crippen LogP contribution in [0.4, 0.5) is 0 Å². The van der Waals surface area contributed by atoms with Crippen LogP contribution in [0, 0.1) is 0 Å². The van der Waals surface area contributed by atoms with E-state index in [0.29, 0.717) is 0 Å². The summed E-state index contributed by atoms with van der Waals surface area (Å²) in [6, 6.07) is 7.88. The Bertz CT molecular complexity index is 375. The number of hydrogen-bond acceptors (Lipinski definition) is 1. The largest absolute Gasteiger partial charge is 0.289 e. The van der Waals surface area contributed by atoms with E-state index in [0.717, 1.165) is 24.0 Å². The minimum absolute atomic E-state index is 0.212. The maximum Gasteiger partial charge on any atom is 0.188 e. The van der Waals surface area contributed by atoms with Crippen molar-refractivity contribution in [1.29, 1.82) is 0 Å². The van der Waals surface area contributed by atoms with Crippen LogP contribution >= 0.6 is 0 Å². The van der Waals surface area contributed by atoms with Gasteiger partial charge in [0.25, 0.3) is 0 Å². The molecular weight excluding hydrogens is 184 g/mol. The molecule has 0 saturated heterocycles. The van der Waals surface area contributed by atoms with Gasteiger partial charge in [-0.05, 0) is 30.9 Å². The van der Waals surface area contributed by atoms with E-state index in [1.54, 1.807) is 0 Å². The fourth-order valence-electron chi connectivity index (χ4n) is 1.79. The van der Waals surface area contributed by atoms with Crippen LogP contribution in [-0.4, -0.2) is 5.78 Å². The first-order chi connectivity index (χ1) is 7.33. The molecule has 0 atom stereocenters. The number of aryl methyl sites for hydroxylation is 1. The molecule has 0 bridgehead atoms. The van der Waals surface area contributed by atoms with Gasteiger partial charge in [-0.1, -0.05) is 44.2 Å². The van der Waals surface area contributed by atoms with Gasteiger partial charge in [0.2, 0.25) is 0 Å². The Morgan fingerprint density at radius 1 is 1.13 bits per heavy atom. The van der Waals surface area contributed by atoms with Gasteiger partial charge in [-0.15, -0.1) is 0 Å². The Morgan fingerprint density at radius 3 is 2.47 bits per heavy atom. The predicted molar refractivity (Wildman–Crippen MR) is 64.2 cm³/mol. The van der Waals surface area contributed by atoms with Crippen LogP contribution in [0.1, 0.15) is 43.1 Å². The Hall–Kier alpha value is -1.37. The average molecular weight is 202 g/mol. The first kappa shape index (κ1) is 11.7. The third kappa shape index (κ3) is 2.35. The number of hydrogen-bond donors (Lipinski definition) is 0. The Kier molecular flexibility index (Phi) is 4.29. The number of Topliss-reactive ketones (excluding diaryl/α,β-unsaturated/α-hetero) is 1. The Balaban J connectivity index is 0.000000531. The summed E-state index contributed by atoms with van der Waals surface area (Å²) in [5.74, 6) is 0.212. The topological polar surface area (TPSA) is 17.1 Å². The molecule has 80 valence electrons. The molecule has 1 aromatic rings. The van der Waals surface area contributed by atoms with Crippen molar-refractivity contribution in [3.05, 3.63) is 47.0 Å². The first-order valence-corrected chi connectivity index (χ1v) is 5.60. The Labute approximate surface area is 91.8 Å². The smallest absolute Gasteiger partial charge is 0.188 e. The second-order valence-corrected chi connectivity index (χ2v) is 3.30. The van der Waals surface area contributed by atoms with E-state index >= 15 is 0 Å². The van der Waals surface area contributed by atoms with Gasteiger partial charge in [-0.25, -0.2) is 0 Å². The zero-order valence-corrected chi connectivity index (χ0v) is 9.71. The molecule has 0 heterocycles. The number of allylic oxidation sites excluding steroid dienone is 2. The SMILES string of the molecule is CC.CC=C1CCc2ccccc2C1=O. The molecule has 2 rings (SSSR count). The van der Waals surface area contributed by atoms with Gasteiger partial charge >= 0.3 is 0 Å². The molecule has 1 aliphatic carbocycles. The van der Waals surface area contributed by atoms with Crippen LogP contribution < -0.4 is 0 Å². The summed E-state index contributed by atoms with van der Waals surface area (Å²) in [4.78, 5) is 11.8. The number of fused-ring (bicyclic) bond motifs is 1. The van der Waals surface area contributed by atoms with Crippen molar-refractivity contribution in [2.45, 2.75) is 33.6 Å². The molecule has 0 spiro atoms. The summed E-state index contributed by atoms with van der Waals surface area (Å²) >= 11 is 0. The lowest BCUT2D eigenvalue weighted by Crippen LogP contribution is -2.13. The molecule has 0 radical (unpaired) electrons. The van der Waals surface area contributed by atoms with Gasteiger partial charge < -0.3 is 0 Å². The summed E-state index contributed by atoms with van der Waals surface area (Å²) < 4.78 is 0. The highest BCUT2D eigenvalue weighted by molar-refractivity contribution is 6.10. The van der Waals surface area contributed by atoms with Crippen molar-refractivity contribution < 1.29 is 4.79 Å². The highest BCUT2D eigenvalue weighted by Crippen LogP contribution is 2.24. The van der Waals surface area contributed by atoms with E-state index in [-0.39, 0.29) is 5.78 Å². The third-order valence-electron chi connectivity index (χ3n) is 2.57. The van der Waals surface area contributed by atoms with Crippen molar-refractivity contribution in [3.63, 3.8) is 0 Å². The molecule has 0 aliphatic heterocycles. The lowest BCUT2D eigenvalue weighted by atomic mass is 9.87. The molecule has 1 heteroatoms. The van der Waals surface area contributed by atoms with E-state index in [2.05, 4.69) is 0 Å². The molecule has 0 amide bonds. The summed E-state index contributed by atoms with van der Waals surface area (Å²) in [5, 5.41) is 0. The second kappa shape index (κ2) is 5.50. The van der Waals surface area contributed by atoms with E-state index in [1.165, 1.54) is 5.56 Å². The first-order valence-electron chi connectivity index (χ1n) is 5.60. The fourth-order valence-corrected chi connectivity index (χ4v) is 1.79. The van der Waals surface area contributed by atoms with Gasteiger partial charge in [0.15, 0.2) is 5.78 Å². The second-order valence-electron chi connectivity index (χ2n) is 3.30. The molecule has 15 heavy (non-hydrogen) atoms. The standard InChI is InChI=1S/C12H12O.C2H6/c1-2-9-7-8-10-5-3-4-6-11(10)12(9)13;1-2/h2-6H,7-8H2,1H3;1-2H3. The molecule has 0 aromatic heterocycles. The van der Waals surface area contributed by atoms with Crippen molar-refractivity contribution in [2.24, 2.45) is 0 Å². The molecule has 0 saturated carbocycles. The van der Waals surface area contributed by atoms with Gasteiger partial charge in [-0.3, -0.25) is 4.79 Å². The van der Waals surface area contributed by atoms with Gasteiger partial charge in [-0.2, -0.15) is 0 Å². The molecular formula is C14H18O. The zero-order chi connectivity index (χ0) is 11.3. The molecule has 1 nitrogen and oxygen atoms in total. The fraction of sp³-hybridized carbons (Fsp3) is 0.357. The van der Waals surface area contributed by atoms with Crippen LogP contribution in [0.25, 0.3) is 0 Å². The van der Waals surface area contributed by atoms with E-state index < -0.39 is 0 Å². The van der Waals surface area contributed by atoms with Crippen LogP contribution in [0.3, 0.4) is 0 Å². The average Bonchev–Trinajstić information content (AvgIpc) is 2.33. The monoisotopic (exact) mass is 202 g/mol. The molecule has 0 unspecified atom stereocenters. The molecule has 0 N–H and O–H groups in total. The molecule has 1 aliphatic rings. The Morgan fingerprint density at radius 2 is 1.80 bits per heavy atom. The normalized spacial score (nSPS) is 16.7. The highest BCUT2D eigenvalue weighted by Gasteiger charge is 2.19. The number of carbonyl (C=O) groups is 1. The van der Waals surface area contributed by atoms with Crippen molar-refractivity contribution >= 4 is 5.78 Å². The minimum atomic E-state index is 0.212. The summed E-state index contributed by atoms with van der Waals surface area (Å²) in [6.45, 7) is 5.93. The van der Waals surface area contributed by atoms with Crippen molar-refractivity contribution in [3.8, 4) is 0 Å². The van der Waals surface area contributed by atoms with Crippen LogP contribution in [0.15, 0.2) is 35.9 Å². The van der Waals surface area contributed by atoms with Crippen LogP contribution in [0.5, 0.6) is 0 Å². The van der Waals surface area contributed by atoms with Crippen LogP contribution in [0.2, 0.25) is 0 Å². The number of rotatable bonds is 0. The molecule has 0 fully saturated rings. The zero-order valence-electron chi connectivity index (χ0n) is 9.71. The highest BCUT2D eigenvalue weighted by atomic mass is 16.1. The van der Waals surface area contributed by atoms with Gasteiger partial charge in [0, 0.05) is 5.56 Å². The minimum Gasteiger partial charge on any atom is -0.289 e. The number of benzene rings is 1. The maximum absolute atomic E-state index is 11.8. The summed E-state index contributed by atoms with van der Waals surface area (Å²) in [6.07, 6.45) is 3.83. The summed E-state index contributed by atoms with van der Waals surface area (Å²) in [7, 11) is 0.